The summed E-state index contributed by atoms with van der Waals surface area (Å²) in [6, 6.07) is 0. The normalized spacial score (nSPS) is 11.7. The van der Waals surface area contributed by atoms with Crippen LogP contribution in [0.3, 0.4) is 0 Å². The molecule has 0 bridgehead atoms. The summed E-state index contributed by atoms with van der Waals surface area (Å²) in [5.41, 5.74) is 0. The quantitative estimate of drug-likeness (QED) is 0.451. The van der Waals surface area contributed by atoms with Gasteiger partial charge in [-0.3, -0.25) is 0 Å². The van der Waals surface area contributed by atoms with Gasteiger partial charge in [-0.25, -0.2) is 9.59 Å². The SMILES string of the molecule is CCCCCOC(=O)O[C@H](C)C(=O)OCCCCC. The Morgan fingerprint density at radius 1 is 0.895 bits per heavy atom. The third-order valence-electron chi connectivity index (χ3n) is 2.56. The molecule has 5 nitrogen and oxygen atoms in total. The standard InChI is InChI=1S/C14H26O5/c1-4-6-8-10-17-13(15)12(3)19-14(16)18-11-9-7-5-2/h12H,4-11H2,1-3H3/t12-/m1/s1. The summed E-state index contributed by atoms with van der Waals surface area (Å²) in [7, 11) is 0. The maximum atomic E-state index is 11.5. The first-order valence-electron chi connectivity index (χ1n) is 7.11. The summed E-state index contributed by atoms with van der Waals surface area (Å²) < 4.78 is 14.6. The summed E-state index contributed by atoms with van der Waals surface area (Å²) >= 11 is 0. The number of ether oxygens (including phenoxy) is 3. The summed E-state index contributed by atoms with van der Waals surface area (Å²) in [4.78, 5) is 22.7. The van der Waals surface area contributed by atoms with E-state index in [1.807, 2.05) is 0 Å². The minimum absolute atomic E-state index is 0.324. The van der Waals surface area contributed by atoms with Crippen molar-refractivity contribution in [1.29, 1.82) is 0 Å². The maximum Gasteiger partial charge on any atom is 0.509 e. The number of carbonyl (C=O) groups is 2. The molecule has 0 spiro atoms. The van der Waals surface area contributed by atoms with E-state index in [9.17, 15) is 9.59 Å². The van der Waals surface area contributed by atoms with Gasteiger partial charge in [-0.2, -0.15) is 0 Å². The first-order chi connectivity index (χ1) is 9.11. The van der Waals surface area contributed by atoms with Crippen molar-refractivity contribution in [2.45, 2.75) is 65.4 Å². The minimum Gasteiger partial charge on any atom is -0.463 e. The number of unbranched alkanes of at least 4 members (excludes halogenated alkanes) is 4. The van der Waals surface area contributed by atoms with E-state index in [0.29, 0.717) is 13.2 Å². The third-order valence-corrected chi connectivity index (χ3v) is 2.56. The van der Waals surface area contributed by atoms with Gasteiger partial charge >= 0.3 is 12.1 Å². The fraction of sp³-hybridized carbons (Fsp3) is 0.857. The van der Waals surface area contributed by atoms with Crippen molar-refractivity contribution in [3.63, 3.8) is 0 Å². The molecule has 0 aromatic rings. The van der Waals surface area contributed by atoms with Gasteiger partial charge in [0.05, 0.1) is 13.2 Å². The topological polar surface area (TPSA) is 61.8 Å². The molecule has 0 unspecified atom stereocenters. The third kappa shape index (κ3) is 10.4. The average molecular weight is 274 g/mol. The first kappa shape index (κ1) is 17.7. The van der Waals surface area contributed by atoms with Gasteiger partial charge < -0.3 is 14.2 Å². The Kier molecular flexibility index (Phi) is 11.0. The van der Waals surface area contributed by atoms with Crippen LogP contribution < -0.4 is 0 Å². The fourth-order valence-corrected chi connectivity index (χ4v) is 1.38. The van der Waals surface area contributed by atoms with Gasteiger partial charge in [0.15, 0.2) is 6.10 Å². The average Bonchev–Trinajstić information content (AvgIpc) is 2.39. The summed E-state index contributed by atoms with van der Waals surface area (Å²) in [6.45, 7) is 6.31. The van der Waals surface area contributed by atoms with E-state index in [1.54, 1.807) is 0 Å². The van der Waals surface area contributed by atoms with Crippen LogP contribution in [0.1, 0.15) is 59.3 Å². The highest BCUT2D eigenvalue weighted by Gasteiger charge is 2.19. The molecule has 112 valence electrons. The van der Waals surface area contributed by atoms with Gasteiger partial charge in [-0.1, -0.05) is 39.5 Å². The minimum atomic E-state index is -0.916. The van der Waals surface area contributed by atoms with Crippen LogP contribution in [0, 0.1) is 0 Å². The van der Waals surface area contributed by atoms with Gasteiger partial charge in [-0.15, -0.1) is 0 Å². The van der Waals surface area contributed by atoms with Crippen LogP contribution in [0.25, 0.3) is 0 Å². The van der Waals surface area contributed by atoms with Gasteiger partial charge in [0.1, 0.15) is 0 Å². The number of rotatable bonds is 10. The molecule has 0 fully saturated rings. The van der Waals surface area contributed by atoms with Gasteiger partial charge in [0.2, 0.25) is 0 Å². The highest BCUT2D eigenvalue weighted by Crippen LogP contribution is 2.02. The van der Waals surface area contributed by atoms with Crippen LogP contribution >= 0.6 is 0 Å². The molecule has 0 saturated heterocycles. The lowest BCUT2D eigenvalue weighted by molar-refractivity contribution is -0.154. The Balaban J connectivity index is 3.66. The molecule has 0 radical (unpaired) electrons. The lowest BCUT2D eigenvalue weighted by atomic mass is 10.3. The second-order valence-electron chi connectivity index (χ2n) is 4.44. The summed E-state index contributed by atoms with van der Waals surface area (Å²) in [6.07, 6.45) is 4.05. The van der Waals surface area contributed by atoms with E-state index in [2.05, 4.69) is 13.8 Å². The van der Waals surface area contributed by atoms with Crippen LogP contribution in [0.15, 0.2) is 0 Å². The molecule has 0 heterocycles. The van der Waals surface area contributed by atoms with Crippen LogP contribution in [0.5, 0.6) is 0 Å². The zero-order chi connectivity index (χ0) is 14.5. The molecule has 0 saturated carbocycles. The first-order valence-corrected chi connectivity index (χ1v) is 7.11. The maximum absolute atomic E-state index is 11.5. The highest BCUT2D eigenvalue weighted by atomic mass is 16.7. The number of carbonyl (C=O) groups excluding carboxylic acids is 2. The number of hydrogen-bond donors (Lipinski definition) is 0. The molecule has 0 aromatic carbocycles. The van der Waals surface area contributed by atoms with E-state index in [1.165, 1.54) is 6.92 Å². The van der Waals surface area contributed by atoms with Gasteiger partial charge in [-0.05, 0) is 19.8 Å². The Labute approximate surface area is 115 Å². The van der Waals surface area contributed by atoms with Crippen molar-refractivity contribution in [3.05, 3.63) is 0 Å². The van der Waals surface area contributed by atoms with Crippen LogP contribution in [0.2, 0.25) is 0 Å². The molecule has 0 aliphatic carbocycles. The van der Waals surface area contributed by atoms with E-state index >= 15 is 0 Å². The monoisotopic (exact) mass is 274 g/mol. The number of esters is 1. The smallest absolute Gasteiger partial charge is 0.463 e. The second kappa shape index (κ2) is 11.8. The van der Waals surface area contributed by atoms with E-state index < -0.39 is 18.2 Å². The molecular formula is C14H26O5. The Morgan fingerprint density at radius 3 is 1.95 bits per heavy atom. The van der Waals surface area contributed by atoms with E-state index in [-0.39, 0.29) is 0 Å². The summed E-state index contributed by atoms with van der Waals surface area (Å²) in [5.74, 6) is -0.526. The molecule has 19 heavy (non-hydrogen) atoms. The summed E-state index contributed by atoms with van der Waals surface area (Å²) in [5, 5.41) is 0. The Hall–Kier alpha value is -1.26. The lowest BCUT2D eigenvalue weighted by Crippen LogP contribution is -2.27. The Bertz CT molecular complexity index is 252. The molecule has 0 aliphatic rings. The largest absolute Gasteiger partial charge is 0.509 e. The van der Waals surface area contributed by atoms with Crippen LogP contribution in [-0.2, 0) is 19.0 Å². The van der Waals surface area contributed by atoms with Crippen molar-refractivity contribution < 1.29 is 23.8 Å². The van der Waals surface area contributed by atoms with E-state index in [0.717, 1.165) is 38.5 Å². The Morgan fingerprint density at radius 2 is 1.42 bits per heavy atom. The van der Waals surface area contributed by atoms with Crippen LogP contribution in [-0.4, -0.2) is 31.4 Å². The molecule has 0 rings (SSSR count). The van der Waals surface area contributed by atoms with Gasteiger partial charge in [0.25, 0.3) is 0 Å². The van der Waals surface area contributed by atoms with Crippen molar-refractivity contribution in [3.8, 4) is 0 Å². The zero-order valence-electron chi connectivity index (χ0n) is 12.3. The van der Waals surface area contributed by atoms with Crippen molar-refractivity contribution >= 4 is 12.1 Å². The molecule has 0 N–H and O–H groups in total. The van der Waals surface area contributed by atoms with E-state index in [4.69, 9.17) is 14.2 Å². The molecule has 1 atom stereocenters. The highest BCUT2D eigenvalue weighted by molar-refractivity contribution is 5.76. The zero-order valence-corrected chi connectivity index (χ0v) is 12.3. The van der Waals surface area contributed by atoms with Gasteiger partial charge in [0, 0.05) is 0 Å². The van der Waals surface area contributed by atoms with Crippen LogP contribution in [0.4, 0.5) is 4.79 Å². The number of hydrogen-bond acceptors (Lipinski definition) is 5. The van der Waals surface area contributed by atoms with Crippen molar-refractivity contribution in [2.24, 2.45) is 0 Å². The van der Waals surface area contributed by atoms with Crippen molar-refractivity contribution in [1.82, 2.24) is 0 Å². The predicted molar refractivity (Wildman–Crippen MR) is 71.9 cm³/mol. The second-order valence-corrected chi connectivity index (χ2v) is 4.44. The predicted octanol–water partition coefficient (Wildman–Crippen LogP) is 3.45. The molecule has 5 heteroatoms. The molecule has 0 aliphatic heterocycles. The molecule has 0 amide bonds. The fourth-order valence-electron chi connectivity index (χ4n) is 1.38. The molecular weight excluding hydrogens is 248 g/mol. The lowest BCUT2D eigenvalue weighted by Gasteiger charge is -2.12. The molecule has 0 aromatic heterocycles. The van der Waals surface area contributed by atoms with Crippen molar-refractivity contribution in [2.75, 3.05) is 13.2 Å².